The molecule has 2 N–H and O–H groups in total. The average molecular weight is 542 g/mol. The molecule has 10 nitrogen and oxygen atoms in total. The van der Waals surface area contributed by atoms with Crippen LogP contribution in [0.15, 0.2) is 37.4 Å². The van der Waals surface area contributed by atoms with Gasteiger partial charge >= 0.3 is 6.36 Å². The molecule has 1 aromatic carbocycles. The van der Waals surface area contributed by atoms with Crippen molar-refractivity contribution in [2.45, 2.75) is 38.3 Å². The third-order valence-corrected chi connectivity index (χ3v) is 6.52. The van der Waals surface area contributed by atoms with Gasteiger partial charge in [0.2, 0.25) is 5.91 Å². The lowest BCUT2D eigenvalue weighted by atomic mass is 10.1. The highest BCUT2D eigenvalue weighted by Gasteiger charge is 2.40. The van der Waals surface area contributed by atoms with E-state index in [0.29, 0.717) is 23.0 Å². The summed E-state index contributed by atoms with van der Waals surface area (Å²) in [5.74, 6) is 4.58. The molecule has 0 radical (unpaired) electrons. The van der Waals surface area contributed by atoms with Crippen molar-refractivity contribution in [3.05, 3.63) is 54.5 Å². The predicted octanol–water partition coefficient (Wildman–Crippen LogP) is 3.18. The minimum absolute atomic E-state index is 0.0235. The van der Waals surface area contributed by atoms with Gasteiger partial charge in [-0.3, -0.25) is 9.53 Å². The summed E-state index contributed by atoms with van der Waals surface area (Å²) in [5.41, 5.74) is 7.83. The zero-order valence-electron chi connectivity index (χ0n) is 20.6. The molecule has 1 saturated heterocycles. The number of amides is 1. The van der Waals surface area contributed by atoms with Crippen molar-refractivity contribution in [1.29, 1.82) is 0 Å². The summed E-state index contributed by atoms with van der Waals surface area (Å²) in [7, 11) is 0. The molecule has 0 spiro atoms. The van der Waals surface area contributed by atoms with Crippen LogP contribution in [0.25, 0.3) is 22.1 Å². The van der Waals surface area contributed by atoms with Crippen LogP contribution in [-0.4, -0.2) is 65.7 Å². The number of nitrogen functional groups attached to an aromatic ring is 1. The molecule has 1 aliphatic rings. The maximum Gasteiger partial charge on any atom is 0.522 e. The summed E-state index contributed by atoms with van der Waals surface area (Å²) in [6.45, 7) is 5.25. The Kier molecular flexibility index (Phi) is 6.69. The molecular formula is C25H22F4N8O2. The number of aromatic nitrogens is 6. The average Bonchev–Trinajstić information content (AvgIpc) is 3.60. The van der Waals surface area contributed by atoms with E-state index in [1.807, 2.05) is 6.92 Å². The first-order valence-corrected chi connectivity index (χ1v) is 11.9. The van der Waals surface area contributed by atoms with Crippen molar-refractivity contribution < 1.29 is 27.1 Å². The van der Waals surface area contributed by atoms with E-state index in [9.17, 15) is 22.4 Å². The van der Waals surface area contributed by atoms with E-state index in [-0.39, 0.29) is 35.7 Å². The highest BCUT2D eigenvalue weighted by atomic mass is 19.4. The molecule has 1 fully saturated rings. The zero-order valence-corrected chi connectivity index (χ0v) is 20.6. The normalized spacial score (nSPS) is 17.5. The Hall–Kier alpha value is -4.51. The first kappa shape index (κ1) is 26.1. The van der Waals surface area contributed by atoms with Crippen LogP contribution in [0, 0.1) is 17.7 Å². The fourth-order valence-corrected chi connectivity index (χ4v) is 4.70. The number of carbonyl (C=O) groups excluding carboxylic acids is 1. The third kappa shape index (κ3) is 5.00. The zero-order chi connectivity index (χ0) is 27.9. The Labute approximate surface area is 219 Å². The number of anilines is 1. The van der Waals surface area contributed by atoms with Crippen molar-refractivity contribution in [3.8, 4) is 11.8 Å². The second kappa shape index (κ2) is 9.99. The Morgan fingerprint density at radius 2 is 2.08 bits per heavy atom. The highest BCUT2D eigenvalue weighted by Crippen LogP contribution is 2.33. The largest absolute Gasteiger partial charge is 0.522 e. The first-order chi connectivity index (χ1) is 18.6. The maximum atomic E-state index is 14.9. The van der Waals surface area contributed by atoms with Crippen LogP contribution in [0.1, 0.15) is 30.6 Å². The molecule has 2 atom stereocenters. The van der Waals surface area contributed by atoms with Crippen LogP contribution in [-0.2, 0) is 16.1 Å². The highest BCUT2D eigenvalue weighted by molar-refractivity contribution is 5.91. The Morgan fingerprint density at radius 3 is 2.79 bits per heavy atom. The molecule has 4 heterocycles. The van der Waals surface area contributed by atoms with E-state index in [1.165, 1.54) is 28.0 Å². The van der Waals surface area contributed by atoms with Crippen LogP contribution >= 0.6 is 0 Å². The predicted molar refractivity (Wildman–Crippen MR) is 132 cm³/mol. The minimum Gasteiger partial charge on any atom is -0.383 e. The number of alkyl halides is 3. The summed E-state index contributed by atoms with van der Waals surface area (Å²) < 4.78 is 60.3. The number of rotatable bonds is 5. The lowest BCUT2D eigenvalue weighted by Gasteiger charge is -2.23. The minimum atomic E-state index is -4.85. The summed E-state index contributed by atoms with van der Waals surface area (Å²) in [6.07, 6.45) is -0.901. The SMILES string of the molecule is C=CC(=O)N1CC(n2nc(C#Cc3cc4ncn(CC)c4cc3F)c3c(N)ncnc32)C[C@@H]1COC(F)(F)F. The van der Waals surface area contributed by atoms with Gasteiger partial charge in [-0.1, -0.05) is 12.5 Å². The Morgan fingerprint density at radius 1 is 1.28 bits per heavy atom. The summed E-state index contributed by atoms with van der Waals surface area (Å²) in [4.78, 5) is 26.2. The van der Waals surface area contributed by atoms with Crippen molar-refractivity contribution in [1.82, 2.24) is 34.2 Å². The number of fused-ring (bicyclic) bond motifs is 2. The van der Waals surface area contributed by atoms with Crippen LogP contribution in [0.5, 0.6) is 0 Å². The van der Waals surface area contributed by atoms with Gasteiger partial charge < -0.3 is 15.2 Å². The van der Waals surface area contributed by atoms with Crippen molar-refractivity contribution in [2.75, 3.05) is 18.9 Å². The molecule has 0 bridgehead atoms. The molecule has 5 rings (SSSR count). The maximum absolute atomic E-state index is 14.9. The number of nitrogens with zero attached hydrogens (tertiary/aromatic N) is 7. The van der Waals surface area contributed by atoms with Gasteiger partial charge in [0.05, 0.1) is 47.0 Å². The van der Waals surface area contributed by atoms with Gasteiger partial charge in [0.25, 0.3) is 0 Å². The number of nitrogens with two attached hydrogens (primary N) is 1. The topological polar surface area (TPSA) is 117 Å². The van der Waals surface area contributed by atoms with Gasteiger partial charge in [-0.15, -0.1) is 13.2 Å². The standard InChI is InChI=1S/C25H22F4N8O2/c1-3-21(38)36-10-15(8-16(36)11-39-25(27,28)29)37-24-22(23(30)31-12-32-24)18(34-37)6-5-14-7-19-20(9-17(14)26)35(4-2)13-33-19/h3,7,9,12-13,15-16H,1,4,8,10-11H2,2H3,(H2,30,31,32)/t15?,16-/m1/s1. The second-order valence-corrected chi connectivity index (χ2v) is 8.85. The smallest absolute Gasteiger partial charge is 0.383 e. The van der Waals surface area contributed by atoms with Gasteiger partial charge in [0.15, 0.2) is 5.65 Å². The van der Waals surface area contributed by atoms with Crippen molar-refractivity contribution in [2.24, 2.45) is 0 Å². The molecule has 1 unspecified atom stereocenters. The van der Waals surface area contributed by atoms with E-state index in [2.05, 4.69) is 43.2 Å². The molecule has 39 heavy (non-hydrogen) atoms. The molecule has 3 aromatic heterocycles. The summed E-state index contributed by atoms with van der Waals surface area (Å²) in [6, 6.07) is 1.42. The molecule has 202 valence electrons. The summed E-state index contributed by atoms with van der Waals surface area (Å²) >= 11 is 0. The lowest BCUT2D eigenvalue weighted by Crippen LogP contribution is -2.38. The first-order valence-electron chi connectivity index (χ1n) is 11.9. The monoisotopic (exact) mass is 542 g/mol. The Balaban J connectivity index is 1.52. The number of hydrogen-bond donors (Lipinski definition) is 1. The molecule has 0 saturated carbocycles. The van der Waals surface area contributed by atoms with Gasteiger partial charge in [0.1, 0.15) is 23.7 Å². The molecule has 1 aliphatic heterocycles. The molecule has 1 amide bonds. The summed E-state index contributed by atoms with van der Waals surface area (Å²) in [5, 5.41) is 4.82. The van der Waals surface area contributed by atoms with Crippen molar-refractivity contribution >= 4 is 33.8 Å². The number of ether oxygens (including phenoxy) is 1. The number of carbonyl (C=O) groups is 1. The van der Waals surface area contributed by atoms with Crippen LogP contribution in [0.4, 0.5) is 23.4 Å². The lowest BCUT2D eigenvalue weighted by molar-refractivity contribution is -0.327. The fraction of sp³-hybridized carbons (Fsp3) is 0.320. The van der Waals surface area contributed by atoms with E-state index in [4.69, 9.17) is 5.73 Å². The van der Waals surface area contributed by atoms with Crippen molar-refractivity contribution in [3.63, 3.8) is 0 Å². The molecule has 0 aliphatic carbocycles. The molecule has 14 heteroatoms. The van der Waals surface area contributed by atoms with Gasteiger partial charge in [-0.2, -0.15) is 5.10 Å². The number of aryl methyl sites for hydroxylation is 1. The quantitative estimate of drug-likeness (QED) is 0.234. The Bertz CT molecular complexity index is 1650. The van der Waals surface area contributed by atoms with Gasteiger partial charge in [-0.05, 0) is 31.4 Å². The van der Waals surface area contributed by atoms with Gasteiger partial charge in [0, 0.05) is 19.2 Å². The number of likely N-dealkylation sites (tertiary alicyclic amines) is 1. The van der Waals surface area contributed by atoms with Gasteiger partial charge in [-0.25, -0.2) is 24.0 Å². The van der Waals surface area contributed by atoms with E-state index in [0.717, 1.165) is 6.08 Å². The van der Waals surface area contributed by atoms with Crippen LogP contribution in [0.2, 0.25) is 0 Å². The molecular weight excluding hydrogens is 520 g/mol. The second-order valence-electron chi connectivity index (χ2n) is 8.85. The van der Waals surface area contributed by atoms with E-state index >= 15 is 0 Å². The number of benzene rings is 1. The van der Waals surface area contributed by atoms with E-state index in [1.54, 1.807) is 10.9 Å². The third-order valence-electron chi connectivity index (χ3n) is 6.52. The fourth-order valence-electron chi connectivity index (χ4n) is 4.70. The molecule has 4 aromatic rings. The van der Waals surface area contributed by atoms with Crippen LogP contribution < -0.4 is 5.73 Å². The number of imidazole rings is 1. The van der Waals surface area contributed by atoms with E-state index < -0.39 is 36.8 Å². The van der Waals surface area contributed by atoms with Crippen LogP contribution in [0.3, 0.4) is 0 Å². The number of halogens is 4. The number of hydrogen-bond acceptors (Lipinski definition) is 7.